The first-order chi connectivity index (χ1) is 12.3. The highest BCUT2D eigenvalue weighted by Gasteiger charge is 2.64. The van der Waals surface area contributed by atoms with Crippen molar-refractivity contribution in [3.05, 3.63) is 6.33 Å². The minimum absolute atomic E-state index is 0.00691. The van der Waals surface area contributed by atoms with E-state index >= 15 is 0 Å². The number of aliphatic hydroxyl groups excluding tert-OH is 1. The lowest BCUT2D eigenvalue weighted by molar-refractivity contribution is -0.196. The molecule has 1 amide bonds. The van der Waals surface area contributed by atoms with Crippen molar-refractivity contribution in [1.29, 1.82) is 0 Å². The molecule has 0 bridgehead atoms. The van der Waals surface area contributed by atoms with Crippen LogP contribution in [0.1, 0.15) is 20.1 Å². The Hall–Kier alpha value is -2.44. The second kappa shape index (κ2) is 6.37. The van der Waals surface area contributed by atoms with Gasteiger partial charge in [-0.25, -0.2) is 13.8 Å². The molecule has 0 aromatic carbocycles. The molecule has 12 heteroatoms. The van der Waals surface area contributed by atoms with Gasteiger partial charge in [0.2, 0.25) is 18.2 Å². The van der Waals surface area contributed by atoms with Crippen LogP contribution in [0.15, 0.2) is 6.33 Å². The van der Waals surface area contributed by atoms with Gasteiger partial charge in [-0.15, -0.1) is 0 Å². The van der Waals surface area contributed by atoms with Crippen LogP contribution in [-0.4, -0.2) is 67.0 Å². The quantitative estimate of drug-likeness (QED) is 0.606. The maximum Gasteiger partial charge on any atom is 0.268 e. The summed E-state index contributed by atoms with van der Waals surface area (Å²) >= 11 is 0. The first kappa shape index (κ1) is 18.4. The van der Waals surface area contributed by atoms with Crippen molar-refractivity contribution >= 4 is 23.5 Å². The van der Waals surface area contributed by atoms with Crippen LogP contribution in [0, 0.1) is 0 Å². The molecular weight excluding hydrogens is 356 g/mol. The van der Waals surface area contributed by atoms with E-state index in [-0.39, 0.29) is 29.6 Å². The van der Waals surface area contributed by atoms with Gasteiger partial charge in [-0.2, -0.15) is 9.97 Å². The molecule has 2 aromatic rings. The molecule has 0 saturated carbocycles. The number of carbonyl (C=O) groups excluding carboxylic acids is 1. The van der Waals surface area contributed by atoms with Crippen LogP contribution in [0.5, 0.6) is 5.88 Å². The highest BCUT2D eigenvalue weighted by Crippen LogP contribution is 2.47. The molecule has 3 rings (SSSR count). The summed E-state index contributed by atoms with van der Waals surface area (Å²) in [5.74, 6) is -3.20. The number of rotatable bonds is 6. The summed E-state index contributed by atoms with van der Waals surface area (Å²) in [6.45, 7) is 1.68. The molecule has 1 fully saturated rings. The van der Waals surface area contributed by atoms with Crippen molar-refractivity contribution in [1.82, 2.24) is 19.5 Å². The lowest BCUT2D eigenvalue weighted by atomic mass is 9.97. The monoisotopic (exact) mass is 373 g/mol. The van der Waals surface area contributed by atoms with Crippen LogP contribution in [0.2, 0.25) is 0 Å². The van der Waals surface area contributed by atoms with Crippen molar-refractivity contribution in [2.75, 3.05) is 18.5 Å². The summed E-state index contributed by atoms with van der Waals surface area (Å²) in [5, 5.41) is 21.8. The molecule has 4 atom stereocenters. The Morgan fingerprint density at radius 1 is 1.54 bits per heavy atom. The molecule has 1 saturated heterocycles. The van der Waals surface area contributed by atoms with E-state index in [9.17, 15) is 18.7 Å². The van der Waals surface area contributed by atoms with Gasteiger partial charge in [0.05, 0.1) is 12.9 Å². The van der Waals surface area contributed by atoms with Crippen molar-refractivity contribution in [2.45, 2.75) is 37.7 Å². The van der Waals surface area contributed by atoms with E-state index in [4.69, 9.17) is 14.6 Å². The standard InChI is InChI=1S/C14H17F2N5O5/c1-3-25-9-7-8(19-12(20-9)18-6-23)21(5-17-7)11-13(2,24)10(15)14(16,4-22)26-11/h5-6,10-11,22,24H,3-4H2,1-2H3,(H,18,19,20,23)/t10-,11+,13+,14+/m0/s1. The topological polar surface area (TPSA) is 132 Å². The first-order valence-corrected chi connectivity index (χ1v) is 7.70. The average Bonchev–Trinajstić information content (AvgIpc) is 3.09. The Balaban J connectivity index is 2.15. The number of aromatic nitrogens is 4. The van der Waals surface area contributed by atoms with Gasteiger partial charge in [0.1, 0.15) is 12.2 Å². The van der Waals surface area contributed by atoms with E-state index in [0.29, 0.717) is 6.41 Å². The normalized spacial score (nSPS) is 31.3. The number of hydrogen-bond donors (Lipinski definition) is 3. The Kier molecular flexibility index (Phi) is 4.50. The fourth-order valence-electron chi connectivity index (χ4n) is 2.80. The fourth-order valence-corrected chi connectivity index (χ4v) is 2.80. The highest BCUT2D eigenvalue weighted by molar-refractivity contribution is 5.79. The molecule has 0 unspecified atom stereocenters. The van der Waals surface area contributed by atoms with Gasteiger partial charge in [-0.05, 0) is 13.8 Å². The third-order valence-corrected chi connectivity index (χ3v) is 4.03. The Morgan fingerprint density at radius 2 is 2.27 bits per heavy atom. The third kappa shape index (κ3) is 2.66. The largest absolute Gasteiger partial charge is 0.476 e. The molecule has 142 valence electrons. The highest BCUT2D eigenvalue weighted by atomic mass is 19.2. The number of amides is 1. The van der Waals surface area contributed by atoms with Crippen LogP contribution in [-0.2, 0) is 9.53 Å². The summed E-state index contributed by atoms with van der Waals surface area (Å²) < 4.78 is 40.1. The minimum atomic E-state index is -3.09. The number of alkyl halides is 2. The predicted octanol–water partition coefficient (Wildman–Crippen LogP) is 0.0693. The third-order valence-electron chi connectivity index (χ3n) is 4.03. The van der Waals surface area contributed by atoms with Gasteiger partial charge in [0, 0.05) is 0 Å². The Bertz CT molecular complexity index is 831. The summed E-state index contributed by atoms with van der Waals surface area (Å²) in [6.07, 6.45) is -2.63. The molecular formula is C14H17F2N5O5. The molecule has 10 nitrogen and oxygen atoms in total. The summed E-state index contributed by atoms with van der Waals surface area (Å²) in [7, 11) is 0. The zero-order chi connectivity index (χ0) is 19.1. The van der Waals surface area contributed by atoms with Crippen LogP contribution in [0.4, 0.5) is 14.7 Å². The number of nitrogens with one attached hydrogen (secondary N) is 1. The predicted molar refractivity (Wildman–Crippen MR) is 82.7 cm³/mol. The number of fused-ring (bicyclic) bond motifs is 1. The van der Waals surface area contributed by atoms with E-state index in [2.05, 4.69) is 20.3 Å². The van der Waals surface area contributed by atoms with Gasteiger partial charge in [0.15, 0.2) is 23.6 Å². The van der Waals surface area contributed by atoms with Gasteiger partial charge < -0.3 is 19.7 Å². The fraction of sp³-hybridized carbons (Fsp3) is 0.571. The number of nitrogens with zero attached hydrogens (tertiary/aromatic N) is 4. The van der Waals surface area contributed by atoms with E-state index in [1.54, 1.807) is 6.92 Å². The maximum atomic E-state index is 14.4. The Labute approximate surface area is 145 Å². The zero-order valence-corrected chi connectivity index (χ0v) is 13.9. The van der Waals surface area contributed by atoms with Crippen LogP contribution >= 0.6 is 0 Å². The lowest BCUT2D eigenvalue weighted by Crippen LogP contribution is -2.45. The molecule has 0 spiro atoms. The number of imidazole rings is 1. The minimum Gasteiger partial charge on any atom is -0.476 e. The van der Waals surface area contributed by atoms with E-state index in [0.717, 1.165) is 17.8 Å². The van der Waals surface area contributed by atoms with Gasteiger partial charge in [0.25, 0.3) is 5.85 Å². The molecule has 3 N–H and O–H groups in total. The molecule has 1 aliphatic heterocycles. The number of ether oxygens (including phenoxy) is 2. The zero-order valence-electron chi connectivity index (χ0n) is 13.9. The Morgan fingerprint density at radius 3 is 2.85 bits per heavy atom. The molecule has 1 aliphatic rings. The number of anilines is 1. The van der Waals surface area contributed by atoms with Crippen molar-refractivity contribution in [2.24, 2.45) is 0 Å². The van der Waals surface area contributed by atoms with Crippen molar-refractivity contribution < 1.29 is 33.3 Å². The van der Waals surface area contributed by atoms with Crippen LogP contribution in [0.25, 0.3) is 11.2 Å². The average molecular weight is 373 g/mol. The molecule has 2 aromatic heterocycles. The number of aliphatic hydroxyl groups is 2. The second-order valence-electron chi connectivity index (χ2n) is 5.87. The van der Waals surface area contributed by atoms with E-state index in [1.807, 2.05) is 0 Å². The van der Waals surface area contributed by atoms with Gasteiger partial charge in [-0.3, -0.25) is 14.7 Å². The molecule has 0 radical (unpaired) electrons. The smallest absolute Gasteiger partial charge is 0.268 e. The second-order valence-corrected chi connectivity index (χ2v) is 5.87. The maximum absolute atomic E-state index is 14.4. The van der Waals surface area contributed by atoms with Gasteiger partial charge >= 0.3 is 0 Å². The number of hydrogen-bond acceptors (Lipinski definition) is 8. The molecule has 3 heterocycles. The van der Waals surface area contributed by atoms with Crippen molar-refractivity contribution in [3.63, 3.8) is 0 Å². The number of carbonyl (C=O) groups is 1. The van der Waals surface area contributed by atoms with E-state index in [1.165, 1.54) is 0 Å². The molecule has 0 aliphatic carbocycles. The summed E-state index contributed by atoms with van der Waals surface area (Å²) in [6, 6.07) is 0. The van der Waals surface area contributed by atoms with Crippen LogP contribution < -0.4 is 10.1 Å². The SMILES string of the molecule is CCOc1nc(NC=O)nc2c1ncn2[C@@H]1O[C@](F)(CO)[C@@H](F)[C@@]1(C)O. The lowest BCUT2D eigenvalue weighted by Gasteiger charge is -2.25. The molecule has 26 heavy (non-hydrogen) atoms. The van der Waals surface area contributed by atoms with Crippen LogP contribution in [0.3, 0.4) is 0 Å². The van der Waals surface area contributed by atoms with Crippen molar-refractivity contribution in [3.8, 4) is 5.88 Å². The number of halogens is 2. The summed E-state index contributed by atoms with van der Waals surface area (Å²) in [5.41, 5.74) is -2.19. The summed E-state index contributed by atoms with van der Waals surface area (Å²) in [4.78, 5) is 22.7. The first-order valence-electron chi connectivity index (χ1n) is 7.70. The van der Waals surface area contributed by atoms with Gasteiger partial charge in [-0.1, -0.05) is 0 Å². The van der Waals surface area contributed by atoms with E-state index < -0.39 is 30.5 Å².